The van der Waals surface area contributed by atoms with E-state index in [4.69, 9.17) is 12.2 Å². The molecule has 0 radical (unpaired) electrons. The first kappa shape index (κ1) is 14.5. The number of aryl methyl sites for hydroxylation is 1. The molecule has 0 aliphatic rings. The van der Waals surface area contributed by atoms with E-state index >= 15 is 0 Å². The van der Waals surface area contributed by atoms with Crippen LogP contribution in [0, 0.1) is 6.92 Å². The van der Waals surface area contributed by atoms with Gasteiger partial charge in [-0.2, -0.15) is 9.78 Å². The summed E-state index contributed by atoms with van der Waals surface area (Å²) in [4.78, 5) is 4.67. The first-order chi connectivity index (χ1) is 10.7. The van der Waals surface area contributed by atoms with Crippen LogP contribution in [0.3, 0.4) is 0 Å². The van der Waals surface area contributed by atoms with Crippen molar-refractivity contribution in [3.63, 3.8) is 0 Å². The van der Waals surface area contributed by atoms with Crippen molar-refractivity contribution in [3.05, 3.63) is 48.2 Å². The molecule has 1 aromatic carbocycles. The van der Waals surface area contributed by atoms with Gasteiger partial charge in [-0.1, -0.05) is 18.2 Å². The largest absolute Gasteiger partial charge is 0.363 e. The highest BCUT2D eigenvalue weighted by molar-refractivity contribution is 7.80. The van der Waals surface area contributed by atoms with Crippen LogP contribution in [0.15, 0.2) is 42.5 Å². The van der Waals surface area contributed by atoms with Crippen LogP contribution in [0.25, 0.3) is 16.7 Å². The zero-order valence-electron chi connectivity index (χ0n) is 12.5. The van der Waals surface area contributed by atoms with Gasteiger partial charge in [0, 0.05) is 18.0 Å². The third kappa shape index (κ3) is 2.92. The quantitative estimate of drug-likeness (QED) is 0.728. The fourth-order valence-corrected chi connectivity index (χ4v) is 2.51. The minimum absolute atomic E-state index is 0.574. The van der Waals surface area contributed by atoms with Gasteiger partial charge in [-0.15, -0.1) is 0 Å². The Morgan fingerprint density at radius 3 is 2.86 bits per heavy atom. The number of rotatable bonds is 3. The summed E-state index contributed by atoms with van der Waals surface area (Å²) < 4.78 is 1.77. The van der Waals surface area contributed by atoms with Crippen molar-refractivity contribution in [2.75, 3.05) is 11.9 Å². The predicted molar refractivity (Wildman–Crippen MR) is 93.5 cm³/mol. The maximum Gasteiger partial charge on any atom is 0.171 e. The number of thiocarbonyl (C=S) groups is 1. The van der Waals surface area contributed by atoms with Gasteiger partial charge in [0.25, 0.3) is 0 Å². The van der Waals surface area contributed by atoms with Crippen LogP contribution in [0.5, 0.6) is 0 Å². The summed E-state index contributed by atoms with van der Waals surface area (Å²) in [7, 11) is 0. The molecule has 0 fully saturated rings. The number of nitrogens with zero attached hydrogens (tertiary/aromatic N) is 3. The summed E-state index contributed by atoms with van der Waals surface area (Å²) in [6.07, 6.45) is 0. The number of pyridine rings is 1. The van der Waals surface area contributed by atoms with Crippen LogP contribution in [0.2, 0.25) is 0 Å². The molecule has 2 N–H and O–H groups in total. The van der Waals surface area contributed by atoms with E-state index in [9.17, 15) is 0 Å². The molecular weight excluding hydrogens is 294 g/mol. The van der Waals surface area contributed by atoms with Crippen molar-refractivity contribution < 1.29 is 0 Å². The lowest BCUT2D eigenvalue weighted by Crippen LogP contribution is -2.28. The highest BCUT2D eigenvalue weighted by Gasteiger charge is 2.10. The van der Waals surface area contributed by atoms with Crippen molar-refractivity contribution in [3.8, 4) is 5.82 Å². The van der Waals surface area contributed by atoms with E-state index in [1.165, 1.54) is 0 Å². The van der Waals surface area contributed by atoms with Crippen LogP contribution in [-0.2, 0) is 0 Å². The zero-order valence-corrected chi connectivity index (χ0v) is 13.3. The minimum Gasteiger partial charge on any atom is -0.363 e. The second-order valence-corrected chi connectivity index (χ2v) is 5.34. The number of benzene rings is 1. The van der Waals surface area contributed by atoms with Crippen LogP contribution in [0.1, 0.15) is 12.6 Å². The minimum atomic E-state index is 0.574. The molecule has 3 aromatic rings. The molecule has 0 spiro atoms. The smallest absolute Gasteiger partial charge is 0.171 e. The fourth-order valence-electron chi connectivity index (χ4n) is 2.26. The molecule has 2 heterocycles. The third-order valence-corrected chi connectivity index (χ3v) is 3.46. The van der Waals surface area contributed by atoms with Crippen molar-refractivity contribution in [2.24, 2.45) is 0 Å². The predicted octanol–water partition coefficient (Wildman–Crippen LogP) is 3.04. The Bertz CT molecular complexity index is 824. The van der Waals surface area contributed by atoms with E-state index < -0.39 is 0 Å². The van der Waals surface area contributed by atoms with E-state index in [1.54, 1.807) is 4.68 Å². The Kier molecular flexibility index (Phi) is 4.02. The monoisotopic (exact) mass is 311 g/mol. The second-order valence-electron chi connectivity index (χ2n) is 4.93. The second kappa shape index (κ2) is 6.11. The number of fused-ring (bicyclic) bond motifs is 1. The Morgan fingerprint density at radius 2 is 2.05 bits per heavy atom. The first-order valence-corrected chi connectivity index (χ1v) is 7.56. The van der Waals surface area contributed by atoms with Crippen molar-refractivity contribution in [1.82, 2.24) is 20.1 Å². The number of anilines is 1. The van der Waals surface area contributed by atoms with Gasteiger partial charge >= 0.3 is 0 Å². The van der Waals surface area contributed by atoms with Gasteiger partial charge in [0.15, 0.2) is 10.9 Å². The van der Waals surface area contributed by atoms with E-state index in [2.05, 4.69) is 20.7 Å². The van der Waals surface area contributed by atoms with E-state index in [-0.39, 0.29) is 0 Å². The number of hydrogen-bond acceptors (Lipinski definition) is 3. The average molecular weight is 311 g/mol. The molecule has 3 rings (SSSR count). The maximum atomic E-state index is 5.25. The van der Waals surface area contributed by atoms with Gasteiger partial charge in [-0.25, -0.2) is 4.98 Å². The van der Waals surface area contributed by atoms with Gasteiger partial charge in [-0.3, -0.25) is 0 Å². The highest BCUT2D eigenvalue weighted by atomic mass is 32.1. The van der Waals surface area contributed by atoms with Gasteiger partial charge in [-0.05, 0) is 44.3 Å². The van der Waals surface area contributed by atoms with Gasteiger partial charge in [0.05, 0.1) is 11.2 Å². The van der Waals surface area contributed by atoms with Crippen LogP contribution in [0.4, 0.5) is 5.82 Å². The molecule has 2 aromatic heterocycles. The number of para-hydroxylation sites is 1. The van der Waals surface area contributed by atoms with Crippen LogP contribution < -0.4 is 10.6 Å². The molecule has 0 atom stereocenters. The summed E-state index contributed by atoms with van der Waals surface area (Å²) >= 11 is 5.25. The Balaban J connectivity index is 2.00. The first-order valence-electron chi connectivity index (χ1n) is 7.15. The van der Waals surface area contributed by atoms with Crippen molar-refractivity contribution in [2.45, 2.75) is 13.8 Å². The Morgan fingerprint density at radius 1 is 1.23 bits per heavy atom. The average Bonchev–Trinajstić information content (AvgIpc) is 2.87. The molecule has 0 amide bonds. The molecule has 22 heavy (non-hydrogen) atoms. The van der Waals surface area contributed by atoms with Gasteiger partial charge in [0.2, 0.25) is 0 Å². The number of aromatic nitrogens is 3. The lowest BCUT2D eigenvalue weighted by Gasteiger charge is -2.11. The van der Waals surface area contributed by atoms with E-state index in [0.29, 0.717) is 5.11 Å². The molecule has 0 aliphatic carbocycles. The molecule has 0 bridgehead atoms. The Hall–Kier alpha value is -2.47. The summed E-state index contributed by atoms with van der Waals surface area (Å²) in [6.45, 7) is 4.72. The summed E-state index contributed by atoms with van der Waals surface area (Å²) in [5, 5.41) is 12.4. The van der Waals surface area contributed by atoms with Crippen molar-refractivity contribution >= 4 is 34.1 Å². The van der Waals surface area contributed by atoms with Crippen molar-refractivity contribution in [1.29, 1.82) is 0 Å². The molecule has 0 saturated carbocycles. The third-order valence-electron chi connectivity index (χ3n) is 3.21. The zero-order chi connectivity index (χ0) is 15.5. The normalized spacial score (nSPS) is 10.6. The van der Waals surface area contributed by atoms with Crippen LogP contribution >= 0.6 is 12.2 Å². The Labute approximate surface area is 134 Å². The fraction of sp³-hybridized carbons (Fsp3) is 0.188. The molecule has 6 heteroatoms. The molecule has 0 saturated heterocycles. The van der Waals surface area contributed by atoms with E-state index in [1.807, 2.05) is 56.3 Å². The molecule has 112 valence electrons. The number of hydrogen-bond donors (Lipinski definition) is 2. The summed E-state index contributed by atoms with van der Waals surface area (Å²) in [5.41, 5.74) is 1.84. The molecular formula is C16H17N5S. The van der Waals surface area contributed by atoms with E-state index in [0.717, 1.165) is 34.8 Å². The number of nitrogens with one attached hydrogen (secondary N) is 2. The SMILES string of the molecule is CCNC(=S)Nc1cc(C)nn1-c1ccc2ccccc2n1. The van der Waals surface area contributed by atoms with Gasteiger partial charge in [0.1, 0.15) is 5.82 Å². The summed E-state index contributed by atoms with van der Waals surface area (Å²) in [6, 6.07) is 14.0. The highest BCUT2D eigenvalue weighted by Crippen LogP contribution is 2.19. The molecule has 0 unspecified atom stereocenters. The van der Waals surface area contributed by atoms with Gasteiger partial charge < -0.3 is 10.6 Å². The maximum absolute atomic E-state index is 5.25. The lowest BCUT2D eigenvalue weighted by atomic mass is 10.2. The van der Waals surface area contributed by atoms with Crippen LogP contribution in [-0.4, -0.2) is 26.4 Å². The topological polar surface area (TPSA) is 54.8 Å². The summed E-state index contributed by atoms with van der Waals surface area (Å²) in [5.74, 6) is 1.56. The lowest BCUT2D eigenvalue weighted by molar-refractivity contribution is 0.844. The standard InChI is InChI=1S/C16H17N5S/c1-3-17-16(22)19-15-10-11(2)20-21(15)14-9-8-12-6-4-5-7-13(12)18-14/h4-10H,3H2,1-2H3,(H2,17,19,22). The molecule has 0 aliphatic heterocycles. The molecule has 5 nitrogen and oxygen atoms in total.